The monoisotopic (exact) mass is 352 g/mol. The van der Waals surface area contributed by atoms with E-state index in [9.17, 15) is 9.90 Å². The third-order valence-corrected chi connectivity index (χ3v) is 7.61. The molecule has 0 saturated heterocycles. The molecule has 2 fully saturated rings. The molecule has 1 aromatic rings. The average molecular weight is 352 g/mol. The van der Waals surface area contributed by atoms with Crippen LogP contribution in [0.25, 0.3) is 0 Å². The van der Waals surface area contributed by atoms with Gasteiger partial charge in [0.2, 0.25) is 0 Å². The highest BCUT2D eigenvalue weighted by Gasteiger charge is 2.61. The summed E-state index contributed by atoms with van der Waals surface area (Å²) in [7, 11) is 0. The van der Waals surface area contributed by atoms with Gasteiger partial charge in [-0.25, -0.2) is 0 Å². The van der Waals surface area contributed by atoms with Crippen molar-refractivity contribution in [2.75, 3.05) is 0 Å². The van der Waals surface area contributed by atoms with Gasteiger partial charge in [0, 0.05) is 11.8 Å². The van der Waals surface area contributed by atoms with Crippen molar-refractivity contribution < 1.29 is 14.6 Å². The summed E-state index contributed by atoms with van der Waals surface area (Å²) in [5.41, 5.74) is 1.63. The van der Waals surface area contributed by atoms with Crippen molar-refractivity contribution >= 4 is 5.97 Å². The van der Waals surface area contributed by atoms with E-state index in [1.807, 2.05) is 13.0 Å². The molecule has 3 aliphatic carbocycles. The van der Waals surface area contributed by atoms with Crippen molar-refractivity contribution in [1.82, 2.24) is 0 Å². The number of terminal acetylenes is 1. The molecular formula is C23H28O3. The molecule has 3 aliphatic rings. The molecule has 1 N–H and O–H groups in total. The Morgan fingerprint density at radius 1 is 1.35 bits per heavy atom. The van der Waals surface area contributed by atoms with Gasteiger partial charge in [-0.2, -0.15) is 0 Å². The van der Waals surface area contributed by atoms with Gasteiger partial charge >= 0.3 is 5.97 Å². The van der Waals surface area contributed by atoms with Gasteiger partial charge in [0.15, 0.2) is 0 Å². The van der Waals surface area contributed by atoms with E-state index in [0.717, 1.165) is 38.5 Å². The molecule has 2 saturated carbocycles. The second kappa shape index (κ2) is 6.13. The number of hydrogen-bond donors (Lipinski definition) is 1. The number of ether oxygens (including phenoxy) is 1. The first kappa shape index (κ1) is 17.6. The molecule has 3 heteroatoms. The Bertz CT molecular complexity index is 776. The number of carbonyl (C=O) groups excluding carboxylic acids is 1. The maximum absolute atomic E-state index is 11.6. The normalized spacial score (nSPS) is 37.8. The van der Waals surface area contributed by atoms with Crippen molar-refractivity contribution in [2.24, 2.45) is 17.3 Å². The highest BCUT2D eigenvalue weighted by atomic mass is 16.5. The molecule has 0 aromatic heterocycles. The highest BCUT2D eigenvalue weighted by Crippen LogP contribution is 2.64. The topological polar surface area (TPSA) is 46.5 Å². The Labute approximate surface area is 156 Å². The van der Waals surface area contributed by atoms with Crippen LogP contribution in [0.3, 0.4) is 0 Å². The lowest BCUT2D eigenvalue weighted by Gasteiger charge is -2.52. The van der Waals surface area contributed by atoms with Crippen LogP contribution in [0.2, 0.25) is 0 Å². The summed E-state index contributed by atoms with van der Waals surface area (Å²) < 4.78 is 5.40. The predicted octanol–water partition coefficient (Wildman–Crippen LogP) is 4.22. The van der Waals surface area contributed by atoms with Crippen LogP contribution in [0.4, 0.5) is 0 Å². The summed E-state index contributed by atoms with van der Waals surface area (Å²) in [5.74, 6) is 4.83. The van der Waals surface area contributed by atoms with Crippen molar-refractivity contribution in [3.05, 3.63) is 29.3 Å². The van der Waals surface area contributed by atoms with Crippen LogP contribution in [0, 0.1) is 29.6 Å². The fourth-order valence-corrected chi connectivity index (χ4v) is 6.08. The molecule has 0 spiro atoms. The van der Waals surface area contributed by atoms with E-state index < -0.39 is 5.60 Å². The number of hydrogen-bond acceptors (Lipinski definition) is 3. The van der Waals surface area contributed by atoms with Crippen molar-refractivity contribution in [3.8, 4) is 18.1 Å². The first-order valence-electron chi connectivity index (χ1n) is 9.95. The van der Waals surface area contributed by atoms with E-state index in [1.165, 1.54) is 11.1 Å². The molecule has 1 aromatic carbocycles. The van der Waals surface area contributed by atoms with Crippen LogP contribution in [0.1, 0.15) is 69.4 Å². The average Bonchev–Trinajstić information content (AvgIpc) is 2.93. The standard InChI is InChI=1S/C23H28O3/c1-4-21(24)26-16-7-9-17-15(14-16)6-8-19-18(17)10-12-22(3)20(19)11-13-23(22,25)5-2/h2,7,9,14,18-20,25H,4,6,8,10-13H2,1,3H3/t18?,19?,20?,22-,23-/m0/s1. The lowest BCUT2D eigenvalue weighted by atomic mass is 9.53. The van der Waals surface area contributed by atoms with Crippen LogP contribution in [-0.4, -0.2) is 16.7 Å². The number of aliphatic hydroxyl groups is 1. The van der Waals surface area contributed by atoms with Gasteiger partial charge in [-0.05, 0) is 79.5 Å². The second-order valence-corrected chi connectivity index (χ2v) is 8.60. The zero-order valence-electron chi connectivity index (χ0n) is 15.8. The number of benzene rings is 1. The number of rotatable bonds is 2. The molecule has 3 unspecified atom stereocenters. The predicted molar refractivity (Wildman–Crippen MR) is 101 cm³/mol. The van der Waals surface area contributed by atoms with Gasteiger partial charge in [-0.3, -0.25) is 4.79 Å². The first-order valence-corrected chi connectivity index (χ1v) is 9.95. The van der Waals surface area contributed by atoms with Gasteiger partial charge in [0.05, 0.1) is 0 Å². The van der Waals surface area contributed by atoms with Crippen LogP contribution >= 0.6 is 0 Å². The SMILES string of the molecule is C#C[C@]1(O)CCC2C3CCc4cc(OC(=O)CC)ccc4C3CC[C@@]21C. The third-order valence-electron chi connectivity index (χ3n) is 7.61. The smallest absolute Gasteiger partial charge is 0.310 e. The van der Waals surface area contributed by atoms with Gasteiger partial charge in [0.1, 0.15) is 11.4 Å². The molecule has 4 rings (SSSR count). The fourth-order valence-electron chi connectivity index (χ4n) is 6.08. The summed E-state index contributed by atoms with van der Waals surface area (Å²) in [6, 6.07) is 6.16. The maximum Gasteiger partial charge on any atom is 0.310 e. The fraction of sp³-hybridized carbons (Fsp3) is 0.609. The minimum Gasteiger partial charge on any atom is -0.427 e. The van der Waals surface area contributed by atoms with E-state index in [-0.39, 0.29) is 11.4 Å². The van der Waals surface area contributed by atoms with Gasteiger partial charge in [-0.15, -0.1) is 6.42 Å². The first-order chi connectivity index (χ1) is 12.4. The molecule has 138 valence electrons. The number of carbonyl (C=O) groups is 1. The van der Waals surface area contributed by atoms with E-state index in [2.05, 4.69) is 25.0 Å². The highest BCUT2D eigenvalue weighted by molar-refractivity contribution is 5.72. The molecule has 0 bridgehead atoms. The quantitative estimate of drug-likeness (QED) is 0.492. The van der Waals surface area contributed by atoms with Crippen LogP contribution < -0.4 is 4.74 Å². The molecule has 0 amide bonds. The summed E-state index contributed by atoms with van der Waals surface area (Å²) in [6.07, 6.45) is 12.1. The number of esters is 1. The zero-order valence-corrected chi connectivity index (χ0v) is 15.8. The van der Waals surface area contributed by atoms with Gasteiger partial charge in [-0.1, -0.05) is 25.8 Å². The van der Waals surface area contributed by atoms with E-state index in [0.29, 0.717) is 29.9 Å². The van der Waals surface area contributed by atoms with Crippen molar-refractivity contribution in [1.29, 1.82) is 0 Å². The van der Waals surface area contributed by atoms with Crippen molar-refractivity contribution in [3.63, 3.8) is 0 Å². The summed E-state index contributed by atoms with van der Waals surface area (Å²) in [6.45, 7) is 4.02. The lowest BCUT2D eigenvalue weighted by Crippen LogP contribution is -2.50. The lowest BCUT2D eigenvalue weighted by molar-refractivity contribution is -0.134. The molecule has 0 heterocycles. The number of aryl methyl sites for hydroxylation is 1. The van der Waals surface area contributed by atoms with Crippen molar-refractivity contribution in [2.45, 2.75) is 70.3 Å². The summed E-state index contributed by atoms with van der Waals surface area (Å²) >= 11 is 0. The Morgan fingerprint density at radius 3 is 2.88 bits per heavy atom. The molecule has 26 heavy (non-hydrogen) atoms. The summed E-state index contributed by atoms with van der Waals surface area (Å²) in [4.78, 5) is 11.6. The van der Waals surface area contributed by atoms with E-state index in [4.69, 9.17) is 11.2 Å². The number of fused-ring (bicyclic) bond motifs is 5. The third kappa shape index (κ3) is 2.42. The second-order valence-electron chi connectivity index (χ2n) is 8.60. The Balaban J connectivity index is 1.62. The maximum atomic E-state index is 11.6. The Hall–Kier alpha value is -1.79. The minimum absolute atomic E-state index is 0.156. The molecule has 3 nitrogen and oxygen atoms in total. The van der Waals surface area contributed by atoms with Crippen LogP contribution in [0.15, 0.2) is 18.2 Å². The van der Waals surface area contributed by atoms with Crippen LogP contribution in [0.5, 0.6) is 5.75 Å². The van der Waals surface area contributed by atoms with Gasteiger partial charge in [0.25, 0.3) is 0 Å². The molecule has 0 radical (unpaired) electrons. The Kier molecular flexibility index (Phi) is 4.15. The zero-order chi connectivity index (χ0) is 18.5. The van der Waals surface area contributed by atoms with Crippen LogP contribution in [-0.2, 0) is 11.2 Å². The largest absolute Gasteiger partial charge is 0.427 e. The van der Waals surface area contributed by atoms with E-state index in [1.54, 1.807) is 0 Å². The molecule has 0 aliphatic heterocycles. The molecular weight excluding hydrogens is 324 g/mol. The molecule has 5 atom stereocenters. The van der Waals surface area contributed by atoms with E-state index >= 15 is 0 Å². The Morgan fingerprint density at radius 2 is 2.15 bits per heavy atom. The minimum atomic E-state index is -0.943. The summed E-state index contributed by atoms with van der Waals surface area (Å²) in [5, 5.41) is 11.0. The van der Waals surface area contributed by atoms with Gasteiger partial charge < -0.3 is 9.84 Å².